The molecule has 0 unspecified atom stereocenters. The van der Waals surface area contributed by atoms with Gasteiger partial charge in [0.2, 0.25) is 0 Å². The molecule has 0 atom stereocenters. The lowest BCUT2D eigenvalue weighted by atomic mass is 10.1. The summed E-state index contributed by atoms with van der Waals surface area (Å²) in [5.41, 5.74) is 0.250. The molecule has 0 spiro atoms. The SMILES string of the molecule is O=[N+]([O-])c1ccccc1CCS(=O)(=O)c1ccc(F)cc1. The second kappa shape index (κ2) is 6.01. The van der Waals surface area contributed by atoms with E-state index in [1.807, 2.05) is 0 Å². The maximum atomic E-state index is 12.8. The van der Waals surface area contributed by atoms with Crippen LogP contribution in [0.25, 0.3) is 0 Å². The van der Waals surface area contributed by atoms with Crippen LogP contribution in [0.2, 0.25) is 0 Å². The van der Waals surface area contributed by atoms with Crippen molar-refractivity contribution in [1.82, 2.24) is 0 Å². The average molecular weight is 309 g/mol. The van der Waals surface area contributed by atoms with Gasteiger partial charge in [-0.2, -0.15) is 0 Å². The topological polar surface area (TPSA) is 77.3 Å². The monoisotopic (exact) mass is 309 g/mol. The van der Waals surface area contributed by atoms with Gasteiger partial charge in [0.25, 0.3) is 5.69 Å². The molecule has 0 N–H and O–H groups in total. The van der Waals surface area contributed by atoms with Gasteiger partial charge in [0.05, 0.1) is 15.6 Å². The van der Waals surface area contributed by atoms with Gasteiger partial charge in [0.1, 0.15) is 5.82 Å². The third kappa shape index (κ3) is 3.63. The van der Waals surface area contributed by atoms with Crippen molar-refractivity contribution in [3.8, 4) is 0 Å². The average Bonchev–Trinajstić information content (AvgIpc) is 2.46. The summed E-state index contributed by atoms with van der Waals surface area (Å²) in [4.78, 5) is 10.3. The van der Waals surface area contributed by atoms with Crippen LogP contribution in [0.3, 0.4) is 0 Å². The van der Waals surface area contributed by atoms with Crippen LogP contribution in [-0.2, 0) is 16.3 Å². The molecule has 0 saturated carbocycles. The number of nitrogens with zero attached hydrogens (tertiary/aromatic N) is 1. The van der Waals surface area contributed by atoms with Gasteiger partial charge < -0.3 is 0 Å². The third-order valence-corrected chi connectivity index (χ3v) is 4.73. The molecule has 0 amide bonds. The van der Waals surface area contributed by atoms with Crippen molar-refractivity contribution in [2.75, 3.05) is 5.75 Å². The van der Waals surface area contributed by atoms with Crippen molar-refractivity contribution >= 4 is 15.5 Å². The molecule has 0 aliphatic heterocycles. The molecule has 2 aromatic rings. The standard InChI is InChI=1S/C14H12FNO4S/c15-12-5-7-13(8-6-12)21(19,20)10-9-11-3-1-2-4-14(11)16(17)18/h1-8H,9-10H2. The summed E-state index contributed by atoms with van der Waals surface area (Å²) in [6.45, 7) is 0. The minimum absolute atomic E-state index is 0.00230. The van der Waals surface area contributed by atoms with E-state index in [1.54, 1.807) is 6.07 Å². The summed E-state index contributed by atoms with van der Waals surface area (Å²) in [7, 11) is -3.61. The van der Waals surface area contributed by atoms with Crippen molar-refractivity contribution in [2.45, 2.75) is 11.3 Å². The lowest BCUT2D eigenvalue weighted by molar-refractivity contribution is -0.385. The summed E-state index contributed by atoms with van der Waals surface area (Å²) in [6.07, 6.45) is 0.0247. The number of benzene rings is 2. The normalized spacial score (nSPS) is 11.3. The van der Waals surface area contributed by atoms with Crippen molar-refractivity contribution in [1.29, 1.82) is 0 Å². The quantitative estimate of drug-likeness (QED) is 0.483. The van der Waals surface area contributed by atoms with Crippen LogP contribution in [0, 0.1) is 15.9 Å². The molecule has 0 aliphatic carbocycles. The molecule has 0 aliphatic rings. The highest BCUT2D eigenvalue weighted by atomic mass is 32.2. The van der Waals surface area contributed by atoms with Crippen molar-refractivity contribution in [3.63, 3.8) is 0 Å². The van der Waals surface area contributed by atoms with Crippen LogP contribution < -0.4 is 0 Å². The van der Waals surface area contributed by atoms with E-state index in [9.17, 15) is 22.9 Å². The number of nitro benzene ring substituents is 1. The first-order chi connectivity index (χ1) is 9.90. The first-order valence-electron chi connectivity index (χ1n) is 6.11. The van der Waals surface area contributed by atoms with E-state index < -0.39 is 20.6 Å². The van der Waals surface area contributed by atoms with E-state index in [0.717, 1.165) is 12.1 Å². The summed E-state index contributed by atoms with van der Waals surface area (Å²) < 4.78 is 37.0. The Bertz CT molecular complexity index is 757. The van der Waals surface area contributed by atoms with Crippen LogP contribution in [-0.4, -0.2) is 19.1 Å². The van der Waals surface area contributed by atoms with E-state index in [-0.39, 0.29) is 22.8 Å². The van der Waals surface area contributed by atoms with E-state index >= 15 is 0 Å². The van der Waals surface area contributed by atoms with E-state index in [2.05, 4.69) is 0 Å². The molecular formula is C14H12FNO4S. The van der Waals surface area contributed by atoms with Gasteiger partial charge in [-0.05, 0) is 30.7 Å². The number of rotatable bonds is 5. The van der Waals surface area contributed by atoms with Crippen LogP contribution in [0.5, 0.6) is 0 Å². The molecule has 0 bridgehead atoms. The van der Waals surface area contributed by atoms with Crippen LogP contribution in [0.15, 0.2) is 53.4 Å². The first kappa shape index (κ1) is 15.1. The zero-order chi connectivity index (χ0) is 15.5. The van der Waals surface area contributed by atoms with Gasteiger partial charge in [-0.25, -0.2) is 12.8 Å². The predicted molar refractivity (Wildman–Crippen MR) is 75.3 cm³/mol. The molecule has 5 nitrogen and oxygen atoms in total. The second-order valence-electron chi connectivity index (χ2n) is 4.41. The summed E-state index contributed by atoms with van der Waals surface area (Å²) in [6, 6.07) is 10.5. The molecule has 0 radical (unpaired) electrons. The Hall–Kier alpha value is -2.28. The van der Waals surface area contributed by atoms with E-state index in [1.165, 1.54) is 30.3 Å². The second-order valence-corrected chi connectivity index (χ2v) is 6.52. The van der Waals surface area contributed by atoms with Crippen molar-refractivity contribution < 1.29 is 17.7 Å². The number of hydrogen-bond donors (Lipinski definition) is 0. The Balaban J connectivity index is 2.19. The molecular weight excluding hydrogens is 297 g/mol. The van der Waals surface area contributed by atoms with E-state index in [4.69, 9.17) is 0 Å². The van der Waals surface area contributed by atoms with Crippen LogP contribution in [0.1, 0.15) is 5.56 Å². The van der Waals surface area contributed by atoms with Gasteiger partial charge in [-0.1, -0.05) is 18.2 Å². The van der Waals surface area contributed by atoms with Crippen LogP contribution >= 0.6 is 0 Å². The smallest absolute Gasteiger partial charge is 0.258 e. The molecule has 7 heteroatoms. The molecule has 110 valence electrons. The largest absolute Gasteiger partial charge is 0.272 e. The fraction of sp³-hybridized carbons (Fsp3) is 0.143. The fourth-order valence-corrected chi connectivity index (χ4v) is 3.18. The fourth-order valence-electron chi connectivity index (χ4n) is 1.90. The lowest BCUT2D eigenvalue weighted by Gasteiger charge is -2.05. The summed E-state index contributed by atoms with van der Waals surface area (Å²) in [5, 5.41) is 10.9. The predicted octanol–water partition coefficient (Wildman–Crippen LogP) is 2.75. The molecule has 0 saturated heterocycles. The minimum Gasteiger partial charge on any atom is -0.258 e. The van der Waals surface area contributed by atoms with Gasteiger partial charge in [-0.15, -0.1) is 0 Å². The summed E-state index contributed by atoms with van der Waals surface area (Å²) in [5.74, 6) is -0.795. The van der Waals surface area contributed by atoms with Gasteiger partial charge in [0.15, 0.2) is 9.84 Å². The molecule has 2 aromatic carbocycles. The molecule has 0 fully saturated rings. The maximum absolute atomic E-state index is 12.8. The third-order valence-electron chi connectivity index (χ3n) is 3.00. The summed E-state index contributed by atoms with van der Waals surface area (Å²) >= 11 is 0. The number of halogens is 1. The Kier molecular flexibility index (Phi) is 4.32. The number of aryl methyl sites for hydroxylation is 1. The number of sulfone groups is 1. The lowest BCUT2D eigenvalue weighted by Crippen LogP contribution is -2.10. The number of para-hydroxylation sites is 1. The minimum atomic E-state index is -3.61. The zero-order valence-electron chi connectivity index (χ0n) is 10.9. The van der Waals surface area contributed by atoms with E-state index in [0.29, 0.717) is 5.56 Å². The Morgan fingerprint density at radius 2 is 1.67 bits per heavy atom. The van der Waals surface area contributed by atoms with Crippen LogP contribution in [0.4, 0.5) is 10.1 Å². The Morgan fingerprint density at radius 1 is 1.05 bits per heavy atom. The molecule has 0 heterocycles. The molecule has 0 aromatic heterocycles. The van der Waals surface area contributed by atoms with Crippen molar-refractivity contribution in [2.24, 2.45) is 0 Å². The Morgan fingerprint density at radius 3 is 2.29 bits per heavy atom. The number of nitro groups is 1. The van der Waals surface area contributed by atoms with Crippen molar-refractivity contribution in [3.05, 3.63) is 70.0 Å². The first-order valence-corrected chi connectivity index (χ1v) is 7.76. The number of hydrogen-bond acceptors (Lipinski definition) is 4. The zero-order valence-corrected chi connectivity index (χ0v) is 11.7. The highest BCUT2D eigenvalue weighted by molar-refractivity contribution is 7.91. The highest BCUT2D eigenvalue weighted by Crippen LogP contribution is 2.20. The molecule has 21 heavy (non-hydrogen) atoms. The van der Waals surface area contributed by atoms with Gasteiger partial charge in [-0.3, -0.25) is 10.1 Å². The van der Waals surface area contributed by atoms with Gasteiger partial charge >= 0.3 is 0 Å². The highest BCUT2D eigenvalue weighted by Gasteiger charge is 2.18. The molecule has 2 rings (SSSR count). The maximum Gasteiger partial charge on any atom is 0.272 e. The van der Waals surface area contributed by atoms with Gasteiger partial charge in [0, 0.05) is 11.6 Å². The Labute approximate surface area is 121 Å².